The van der Waals surface area contributed by atoms with Gasteiger partial charge >= 0.3 is 0 Å². The normalized spacial score (nSPS) is 24.1. The average molecular weight is 246 g/mol. The molecule has 98 valence electrons. The van der Waals surface area contributed by atoms with E-state index in [2.05, 4.69) is 39.2 Å². The average Bonchev–Trinajstić information content (AvgIpc) is 2.86. The summed E-state index contributed by atoms with van der Waals surface area (Å²) in [7, 11) is 0. The van der Waals surface area contributed by atoms with Crippen LogP contribution < -0.4 is 10.2 Å². The van der Waals surface area contributed by atoms with Crippen molar-refractivity contribution in [1.29, 1.82) is 0 Å². The van der Waals surface area contributed by atoms with Gasteiger partial charge in [-0.05, 0) is 32.4 Å². The first kappa shape index (κ1) is 11.8. The molecule has 2 aliphatic rings. The maximum atomic E-state index is 4.34. The van der Waals surface area contributed by atoms with Crippen LogP contribution in [0.3, 0.4) is 0 Å². The summed E-state index contributed by atoms with van der Waals surface area (Å²) in [5.74, 6) is 0.990. The molecule has 3 rings (SSSR count). The molecule has 4 heteroatoms. The molecule has 1 unspecified atom stereocenters. The van der Waals surface area contributed by atoms with E-state index in [0.717, 1.165) is 24.9 Å². The molecule has 1 aromatic heterocycles. The fourth-order valence-corrected chi connectivity index (χ4v) is 3.12. The van der Waals surface area contributed by atoms with Crippen LogP contribution in [0.15, 0.2) is 18.3 Å². The van der Waals surface area contributed by atoms with Crippen LogP contribution in [0.2, 0.25) is 0 Å². The second-order valence-corrected chi connectivity index (χ2v) is 5.21. The predicted molar refractivity (Wildman–Crippen MR) is 75.2 cm³/mol. The minimum atomic E-state index is 0.773. The standard InChI is InChI=1S/C14H22N4/c1-2-15-14-10-12(5-6-16-14)18-9-8-17-7-3-4-13(17)11-18/h5-6,10,13H,2-4,7-9,11H2,1H3,(H,15,16). The van der Waals surface area contributed by atoms with Crippen molar-refractivity contribution in [2.75, 3.05) is 42.9 Å². The van der Waals surface area contributed by atoms with E-state index < -0.39 is 0 Å². The zero-order valence-electron chi connectivity index (χ0n) is 11.1. The van der Waals surface area contributed by atoms with Crippen molar-refractivity contribution >= 4 is 11.5 Å². The third-order valence-corrected chi connectivity index (χ3v) is 4.05. The summed E-state index contributed by atoms with van der Waals surface area (Å²) in [6.45, 7) is 7.86. The van der Waals surface area contributed by atoms with Crippen LogP contribution in [0.25, 0.3) is 0 Å². The smallest absolute Gasteiger partial charge is 0.127 e. The van der Waals surface area contributed by atoms with Gasteiger partial charge in [0.25, 0.3) is 0 Å². The number of nitrogens with zero attached hydrogens (tertiary/aromatic N) is 3. The molecule has 0 bridgehead atoms. The molecule has 2 saturated heterocycles. The Labute approximate surface area is 109 Å². The van der Waals surface area contributed by atoms with Crippen molar-refractivity contribution in [2.24, 2.45) is 0 Å². The predicted octanol–water partition coefficient (Wildman–Crippen LogP) is 1.80. The second kappa shape index (κ2) is 5.14. The van der Waals surface area contributed by atoms with E-state index in [1.165, 1.54) is 38.2 Å². The fraction of sp³-hybridized carbons (Fsp3) is 0.643. The summed E-state index contributed by atoms with van der Waals surface area (Å²) in [5, 5.41) is 3.29. The number of aromatic nitrogens is 1. The topological polar surface area (TPSA) is 31.4 Å². The Morgan fingerprint density at radius 2 is 2.33 bits per heavy atom. The van der Waals surface area contributed by atoms with Gasteiger partial charge in [0.05, 0.1) is 0 Å². The van der Waals surface area contributed by atoms with Crippen molar-refractivity contribution in [3.05, 3.63) is 18.3 Å². The molecule has 18 heavy (non-hydrogen) atoms. The molecule has 0 radical (unpaired) electrons. The molecule has 0 amide bonds. The summed E-state index contributed by atoms with van der Waals surface area (Å²) in [6, 6.07) is 5.08. The van der Waals surface area contributed by atoms with Crippen molar-refractivity contribution in [3.8, 4) is 0 Å². The van der Waals surface area contributed by atoms with Gasteiger partial charge < -0.3 is 10.2 Å². The number of hydrogen-bond acceptors (Lipinski definition) is 4. The SMILES string of the molecule is CCNc1cc(N2CCN3CCCC3C2)ccn1. The van der Waals surface area contributed by atoms with E-state index in [9.17, 15) is 0 Å². The van der Waals surface area contributed by atoms with Gasteiger partial charge in [0.15, 0.2) is 0 Å². The van der Waals surface area contributed by atoms with E-state index in [4.69, 9.17) is 0 Å². The first-order chi connectivity index (χ1) is 8.86. The van der Waals surface area contributed by atoms with Gasteiger partial charge in [0.1, 0.15) is 5.82 Å². The summed E-state index contributed by atoms with van der Waals surface area (Å²) in [6.07, 6.45) is 4.65. The number of rotatable bonds is 3. The first-order valence-electron chi connectivity index (χ1n) is 7.06. The number of fused-ring (bicyclic) bond motifs is 1. The highest BCUT2D eigenvalue weighted by atomic mass is 15.3. The zero-order chi connectivity index (χ0) is 12.4. The Hall–Kier alpha value is -1.29. The summed E-state index contributed by atoms with van der Waals surface area (Å²) < 4.78 is 0. The molecule has 4 nitrogen and oxygen atoms in total. The van der Waals surface area contributed by atoms with Crippen LogP contribution >= 0.6 is 0 Å². The third-order valence-electron chi connectivity index (χ3n) is 4.05. The number of pyridine rings is 1. The highest BCUT2D eigenvalue weighted by Crippen LogP contribution is 2.26. The van der Waals surface area contributed by atoms with E-state index in [1.807, 2.05) is 6.20 Å². The number of piperazine rings is 1. The van der Waals surface area contributed by atoms with E-state index in [1.54, 1.807) is 0 Å². The van der Waals surface area contributed by atoms with Crippen LogP contribution in [0, 0.1) is 0 Å². The molecule has 0 spiro atoms. The van der Waals surface area contributed by atoms with Gasteiger partial charge in [-0.3, -0.25) is 4.90 Å². The second-order valence-electron chi connectivity index (χ2n) is 5.21. The molecule has 1 N–H and O–H groups in total. The lowest BCUT2D eigenvalue weighted by Gasteiger charge is -2.38. The van der Waals surface area contributed by atoms with Gasteiger partial charge in [-0.2, -0.15) is 0 Å². The van der Waals surface area contributed by atoms with Crippen molar-refractivity contribution in [2.45, 2.75) is 25.8 Å². The molecule has 0 aliphatic carbocycles. The number of hydrogen-bond donors (Lipinski definition) is 1. The molecule has 2 fully saturated rings. The Balaban J connectivity index is 1.72. The van der Waals surface area contributed by atoms with E-state index in [-0.39, 0.29) is 0 Å². The highest BCUT2D eigenvalue weighted by Gasteiger charge is 2.30. The highest BCUT2D eigenvalue weighted by molar-refractivity contribution is 5.54. The molecular weight excluding hydrogens is 224 g/mol. The van der Waals surface area contributed by atoms with Crippen LogP contribution in [0.5, 0.6) is 0 Å². The van der Waals surface area contributed by atoms with Gasteiger partial charge in [-0.15, -0.1) is 0 Å². The van der Waals surface area contributed by atoms with Crippen LogP contribution in [-0.4, -0.2) is 48.6 Å². The van der Waals surface area contributed by atoms with Gasteiger partial charge in [-0.25, -0.2) is 4.98 Å². The van der Waals surface area contributed by atoms with Crippen LogP contribution in [-0.2, 0) is 0 Å². The van der Waals surface area contributed by atoms with Crippen molar-refractivity contribution < 1.29 is 0 Å². The molecule has 0 saturated carbocycles. The van der Waals surface area contributed by atoms with Crippen LogP contribution in [0.4, 0.5) is 11.5 Å². The lowest BCUT2D eigenvalue weighted by Crippen LogP contribution is -2.50. The van der Waals surface area contributed by atoms with E-state index in [0.29, 0.717) is 0 Å². The molecule has 1 atom stereocenters. The zero-order valence-corrected chi connectivity index (χ0v) is 11.1. The van der Waals surface area contributed by atoms with Crippen molar-refractivity contribution in [3.63, 3.8) is 0 Å². The molecule has 2 aliphatic heterocycles. The minimum Gasteiger partial charge on any atom is -0.370 e. The Morgan fingerprint density at radius 3 is 3.22 bits per heavy atom. The molecule has 0 aromatic carbocycles. The fourth-order valence-electron chi connectivity index (χ4n) is 3.12. The monoisotopic (exact) mass is 246 g/mol. The maximum Gasteiger partial charge on any atom is 0.127 e. The van der Waals surface area contributed by atoms with Gasteiger partial charge in [0.2, 0.25) is 0 Å². The summed E-state index contributed by atoms with van der Waals surface area (Å²) >= 11 is 0. The van der Waals surface area contributed by atoms with E-state index >= 15 is 0 Å². The minimum absolute atomic E-state index is 0.773. The number of nitrogens with one attached hydrogen (secondary N) is 1. The van der Waals surface area contributed by atoms with Crippen LogP contribution in [0.1, 0.15) is 19.8 Å². The summed E-state index contributed by atoms with van der Waals surface area (Å²) in [5.41, 5.74) is 1.31. The lowest BCUT2D eigenvalue weighted by atomic mass is 10.1. The molecular formula is C14H22N4. The largest absolute Gasteiger partial charge is 0.370 e. The van der Waals surface area contributed by atoms with Gasteiger partial charge in [0, 0.05) is 50.2 Å². The Morgan fingerprint density at radius 1 is 1.39 bits per heavy atom. The first-order valence-corrected chi connectivity index (χ1v) is 7.06. The maximum absolute atomic E-state index is 4.34. The van der Waals surface area contributed by atoms with Gasteiger partial charge in [-0.1, -0.05) is 0 Å². The molecule has 3 heterocycles. The molecule has 1 aromatic rings. The summed E-state index contributed by atoms with van der Waals surface area (Å²) in [4.78, 5) is 9.49. The Bertz CT molecular complexity index is 407. The quantitative estimate of drug-likeness (QED) is 0.881. The third kappa shape index (κ3) is 2.29. The lowest BCUT2D eigenvalue weighted by molar-refractivity contribution is 0.231. The van der Waals surface area contributed by atoms with Crippen molar-refractivity contribution in [1.82, 2.24) is 9.88 Å². The Kier molecular flexibility index (Phi) is 3.37. The number of anilines is 2.